The second kappa shape index (κ2) is 5.50. The van der Waals surface area contributed by atoms with Crippen LogP contribution >= 0.6 is 11.6 Å². The van der Waals surface area contributed by atoms with E-state index < -0.39 is 0 Å². The van der Waals surface area contributed by atoms with Crippen molar-refractivity contribution in [3.63, 3.8) is 0 Å². The minimum absolute atomic E-state index is 0.131. The zero-order valence-corrected chi connectivity index (χ0v) is 10.3. The molecule has 0 bridgehead atoms. The summed E-state index contributed by atoms with van der Waals surface area (Å²) in [5.74, 6) is 0.701. The summed E-state index contributed by atoms with van der Waals surface area (Å²) >= 11 is 5.74. The first-order valence-corrected chi connectivity index (χ1v) is 6.31. The van der Waals surface area contributed by atoms with Crippen LogP contribution in [0.5, 0.6) is 0 Å². The molecule has 0 radical (unpaired) electrons. The third-order valence-corrected chi connectivity index (χ3v) is 3.56. The average Bonchev–Trinajstić information content (AvgIpc) is 2.69. The molecule has 1 fully saturated rings. The molecule has 1 aromatic carbocycles. The summed E-state index contributed by atoms with van der Waals surface area (Å²) in [5, 5.41) is 0. The van der Waals surface area contributed by atoms with Gasteiger partial charge < -0.3 is 4.90 Å². The van der Waals surface area contributed by atoms with Crippen molar-refractivity contribution in [1.29, 1.82) is 0 Å². The Kier molecular flexibility index (Phi) is 4.00. The highest BCUT2D eigenvalue weighted by Gasteiger charge is 2.28. The third kappa shape index (κ3) is 2.97. The summed E-state index contributed by atoms with van der Waals surface area (Å²) < 4.78 is 13.4. The fourth-order valence-corrected chi connectivity index (χ4v) is 2.34. The molecule has 1 amide bonds. The molecule has 0 saturated carbocycles. The van der Waals surface area contributed by atoms with Crippen molar-refractivity contribution in [2.24, 2.45) is 5.92 Å². The highest BCUT2D eigenvalue weighted by molar-refractivity contribution is 6.18. The number of likely N-dealkylation sites (tertiary alicyclic amines) is 1. The van der Waals surface area contributed by atoms with Gasteiger partial charge in [-0.3, -0.25) is 4.79 Å². The van der Waals surface area contributed by atoms with Crippen LogP contribution in [0, 0.1) is 11.7 Å². The van der Waals surface area contributed by atoms with Gasteiger partial charge in [0.25, 0.3) is 0 Å². The van der Waals surface area contributed by atoms with E-state index in [4.69, 9.17) is 11.6 Å². The van der Waals surface area contributed by atoms with Crippen LogP contribution in [-0.4, -0.2) is 29.8 Å². The molecule has 0 aromatic heterocycles. The number of nitrogens with zero attached hydrogens (tertiary/aromatic N) is 1. The van der Waals surface area contributed by atoms with E-state index in [1.54, 1.807) is 17.0 Å². The first kappa shape index (κ1) is 12.4. The lowest BCUT2D eigenvalue weighted by Crippen LogP contribution is -2.27. The Morgan fingerprint density at radius 1 is 1.41 bits per heavy atom. The van der Waals surface area contributed by atoms with Gasteiger partial charge in [0.15, 0.2) is 0 Å². The molecule has 1 atom stereocenters. The Bertz CT molecular complexity index is 410. The third-order valence-electron chi connectivity index (χ3n) is 3.12. The molecule has 4 heteroatoms. The van der Waals surface area contributed by atoms with Gasteiger partial charge in [-0.15, -0.1) is 11.6 Å². The maximum atomic E-state index is 13.4. The lowest BCUT2D eigenvalue weighted by atomic mass is 10.1. The average molecular weight is 256 g/mol. The first-order valence-electron chi connectivity index (χ1n) is 5.78. The van der Waals surface area contributed by atoms with Crippen LogP contribution in [0.1, 0.15) is 12.0 Å². The summed E-state index contributed by atoms with van der Waals surface area (Å²) in [5.41, 5.74) is 0.662. The van der Waals surface area contributed by atoms with Gasteiger partial charge in [0.1, 0.15) is 5.82 Å². The number of benzene rings is 1. The first-order chi connectivity index (χ1) is 8.20. The highest BCUT2D eigenvalue weighted by atomic mass is 35.5. The van der Waals surface area contributed by atoms with Crippen LogP contribution in [0.15, 0.2) is 24.3 Å². The molecule has 1 unspecified atom stereocenters. The standard InChI is InChI=1S/C13H15ClFNO/c14-8-10-7-13(17)16(9-10)6-5-11-3-1-2-4-12(11)15/h1-4,10H,5-9H2. The molecule has 1 aromatic rings. The van der Waals surface area contributed by atoms with Crippen molar-refractivity contribution >= 4 is 17.5 Å². The minimum atomic E-state index is -0.201. The predicted molar refractivity (Wildman–Crippen MR) is 65.5 cm³/mol. The molecule has 92 valence electrons. The highest BCUT2D eigenvalue weighted by Crippen LogP contribution is 2.19. The number of halogens is 2. The molecule has 0 spiro atoms. The molecule has 1 heterocycles. The Morgan fingerprint density at radius 3 is 2.82 bits per heavy atom. The van der Waals surface area contributed by atoms with E-state index >= 15 is 0 Å². The maximum Gasteiger partial charge on any atom is 0.222 e. The number of amides is 1. The second-order valence-corrected chi connectivity index (χ2v) is 4.71. The van der Waals surface area contributed by atoms with Gasteiger partial charge in [-0.25, -0.2) is 4.39 Å². The molecule has 1 saturated heterocycles. The van der Waals surface area contributed by atoms with Gasteiger partial charge in [-0.2, -0.15) is 0 Å². The Balaban J connectivity index is 1.91. The van der Waals surface area contributed by atoms with E-state index in [-0.39, 0.29) is 17.6 Å². The zero-order valence-electron chi connectivity index (χ0n) is 9.53. The minimum Gasteiger partial charge on any atom is -0.342 e. The number of hydrogen-bond donors (Lipinski definition) is 0. The lowest BCUT2D eigenvalue weighted by molar-refractivity contribution is -0.127. The molecular formula is C13H15ClFNO. The topological polar surface area (TPSA) is 20.3 Å². The summed E-state index contributed by atoms with van der Waals surface area (Å²) in [7, 11) is 0. The number of rotatable bonds is 4. The van der Waals surface area contributed by atoms with E-state index in [2.05, 4.69) is 0 Å². The van der Waals surface area contributed by atoms with Gasteiger partial charge in [0.2, 0.25) is 5.91 Å². The van der Waals surface area contributed by atoms with Crippen LogP contribution < -0.4 is 0 Å². The summed E-state index contributed by atoms with van der Waals surface area (Å²) in [6, 6.07) is 6.69. The largest absolute Gasteiger partial charge is 0.342 e. The SMILES string of the molecule is O=C1CC(CCl)CN1CCc1ccccc1F. The van der Waals surface area contributed by atoms with E-state index in [1.807, 2.05) is 6.07 Å². The van der Waals surface area contributed by atoms with E-state index in [0.29, 0.717) is 37.4 Å². The van der Waals surface area contributed by atoms with Gasteiger partial charge >= 0.3 is 0 Å². The van der Waals surface area contributed by atoms with Gasteiger partial charge in [-0.05, 0) is 24.0 Å². The van der Waals surface area contributed by atoms with Crippen LogP contribution in [0.2, 0.25) is 0 Å². The molecule has 17 heavy (non-hydrogen) atoms. The molecule has 1 aliphatic heterocycles. The quantitative estimate of drug-likeness (QED) is 0.757. The normalized spacial score (nSPS) is 20.0. The van der Waals surface area contributed by atoms with Crippen molar-refractivity contribution in [3.05, 3.63) is 35.6 Å². The van der Waals surface area contributed by atoms with Gasteiger partial charge in [-0.1, -0.05) is 18.2 Å². The monoisotopic (exact) mass is 255 g/mol. The predicted octanol–water partition coefficient (Wildman–Crippen LogP) is 2.46. The Labute approximate surface area is 105 Å². The number of hydrogen-bond acceptors (Lipinski definition) is 1. The molecule has 0 aliphatic carbocycles. The van der Waals surface area contributed by atoms with E-state index in [0.717, 1.165) is 0 Å². The Morgan fingerprint density at radius 2 is 2.18 bits per heavy atom. The van der Waals surface area contributed by atoms with Crippen LogP contribution in [0.3, 0.4) is 0 Å². The van der Waals surface area contributed by atoms with Crippen molar-refractivity contribution in [2.75, 3.05) is 19.0 Å². The molecule has 2 rings (SSSR count). The number of alkyl halides is 1. The van der Waals surface area contributed by atoms with Crippen LogP contribution in [0.25, 0.3) is 0 Å². The molecular weight excluding hydrogens is 241 g/mol. The maximum absolute atomic E-state index is 13.4. The summed E-state index contributed by atoms with van der Waals surface area (Å²) in [4.78, 5) is 13.4. The lowest BCUT2D eigenvalue weighted by Gasteiger charge is -2.16. The summed E-state index contributed by atoms with van der Waals surface area (Å²) in [6.45, 7) is 1.28. The van der Waals surface area contributed by atoms with Crippen LogP contribution in [-0.2, 0) is 11.2 Å². The Hall–Kier alpha value is -1.09. The van der Waals surface area contributed by atoms with Crippen molar-refractivity contribution < 1.29 is 9.18 Å². The molecule has 0 N–H and O–H groups in total. The van der Waals surface area contributed by atoms with Crippen molar-refractivity contribution in [3.8, 4) is 0 Å². The van der Waals surface area contributed by atoms with Crippen molar-refractivity contribution in [1.82, 2.24) is 4.90 Å². The van der Waals surface area contributed by atoms with E-state index in [1.165, 1.54) is 6.07 Å². The van der Waals surface area contributed by atoms with Crippen molar-refractivity contribution in [2.45, 2.75) is 12.8 Å². The zero-order chi connectivity index (χ0) is 12.3. The second-order valence-electron chi connectivity index (χ2n) is 4.41. The molecule has 2 nitrogen and oxygen atoms in total. The molecule has 1 aliphatic rings. The fourth-order valence-electron chi connectivity index (χ4n) is 2.13. The summed E-state index contributed by atoms with van der Waals surface area (Å²) in [6.07, 6.45) is 1.09. The van der Waals surface area contributed by atoms with Crippen LogP contribution in [0.4, 0.5) is 4.39 Å². The number of carbonyl (C=O) groups is 1. The van der Waals surface area contributed by atoms with E-state index in [9.17, 15) is 9.18 Å². The van der Waals surface area contributed by atoms with Gasteiger partial charge in [0.05, 0.1) is 0 Å². The number of carbonyl (C=O) groups excluding carboxylic acids is 1. The van der Waals surface area contributed by atoms with Gasteiger partial charge in [0, 0.05) is 25.4 Å². The fraction of sp³-hybridized carbons (Fsp3) is 0.462. The smallest absolute Gasteiger partial charge is 0.222 e.